The Bertz CT molecular complexity index is 606. The van der Waals surface area contributed by atoms with Crippen molar-refractivity contribution in [3.05, 3.63) is 26.6 Å². The Hall–Kier alpha value is -1.52. The molecule has 106 valence electrons. The minimum atomic E-state index is -1.15. The van der Waals surface area contributed by atoms with Crippen molar-refractivity contribution >= 4 is 49.5 Å². The highest BCUT2D eigenvalue weighted by Crippen LogP contribution is 2.30. The fourth-order valence-corrected chi connectivity index (χ4v) is 2.66. The van der Waals surface area contributed by atoms with Crippen molar-refractivity contribution in [3.63, 3.8) is 0 Å². The summed E-state index contributed by atoms with van der Waals surface area (Å²) in [5.74, 6) is 1.26. The number of hydrogen-bond acceptors (Lipinski definition) is 2. The zero-order valence-corrected chi connectivity index (χ0v) is 13.9. The van der Waals surface area contributed by atoms with Crippen LogP contribution in [0, 0.1) is 12.3 Å². The Labute approximate surface area is 133 Å². The summed E-state index contributed by atoms with van der Waals surface area (Å²) in [4.78, 5) is 23.1. The first kappa shape index (κ1) is 16.5. The summed E-state index contributed by atoms with van der Waals surface area (Å²) >= 11 is 6.41. The summed E-state index contributed by atoms with van der Waals surface area (Å²) < 4.78 is 1.02. The van der Waals surface area contributed by atoms with Gasteiger partial charge >= 0.3 is 12.0 Å². The van der Waals surface area contributed by atoms with Crippen LogP contribution in [0.1, 0.15) is 24.2 Å². The molecule has 0 radical (unpaired) electrons. The van der Waals surface area contributed by atoms with Crippen molar-refractivity contribution in [2.75, 3.05) is 5.32 Å². The van der Waals surface area contributed by atoms with Gasteiger partial charge in [-0.2, -0.15) is 0 Å². The third kappa shape index (κ3) is 4.25. The Morgan fingerprint density at radius 3 is 2.45 bits per heavy atom. The van der Waals surface area contributed by atoms with Gasteiger partial charge in [-0.3, -0.25) is 0 Å². The van der Waals surface area contributed by atoms with Crippen LogP contribution >= 0.6 is 31.9 Å². The minimum Gasteiger partial charge on any atom is -0.478 e. The third-order valence-corrected chi connectivity index (χ3v) is 3.39. The van der Waals surface area contributed by atoms with E-state index >= 15 is 0 Å². The number of carboxylic acids is 1. The average Bonchev–Trinajstić information content (AvgIpc) is 2.31. The Morgan fingerprint density at radius 1 is 1.35 bits per heavy atom. The summed E-state index contributed by atoms with van der Waals surface area (Å²) in [5.41, 5.74) is -0.721. The lowest BCUT2D eigenvalue weighted by Gasteiger charge is -2.20. The van der Waals surface area contributed by atoms with Crippen LogP contribution in [0.3, 0.4) is 0 Å². The van der Waals surface area contributed by atoms with Gasteiger partial charge in [0.15, 0.2) is 0 Å². The normalized spacial score (nSPS) is 10.6. The van der Waals surface area contributed by atoms with Crippen LogP contribution in [-0.4, -0.2) is 22.6 Å². The van der Waals surface area contributed by atoms with Gasteiger partial charge in [0.25, 0.3) is 0 Å². The van der Waals surface area contributed by atoms with Crippen LogP contribution in [0.2, 0.25) is 0 Å². The molecule has 3 N–H and O–H groups in total. The van der Waals surface area contributed by atoms with Gasteiger partial charge in [0.2, 0.25) is 0 Å². The van der Waals surface area contributed by atoms with Crippen molar-refractivity contribution in [2.24, 2.45) is 0 Å². The maximum Gasteiger partial charge on any atom is 0.337 e. The second-order valence-electron chi connectivity index (χ2n) is 4.46. The number of nitrogens with one attached hydrogen (secondary N) is 2. The lowest BCUT2D eigenvalue weighted by Crippen LogP contribution is -2.44. The van der Waals surface area contributed by atoms with E-state index in [4.69, 9.17) is 11.5 Å². The van der Waals surface area contributed by atoms with Gasteiger partial charge in [-0.05, 0) is 41.9 Å². The second kappa shape index (κ2) is 6.29. The number of halogens is 2. The molecule has 7 heteroatoms. The van der Waals surface area contributed by atoms with Crippen LogP contribution in [0.4, 0.5) is 10.5 Å². The second-order valence-corrected chi connectivity index (χ2v) is 6.23. The van der Waals surface area contributed by atoms with Crippen LogP contribution in [-0.2, 0) is 0 Å². The molecule has 5 nitrogen and oxygen atoms in total. The van der Waals surface area contributed by atoms with Gasteiger partial charge in [-0.15, -0.1) is 6.42 Å². The van der Waals surface area contributed by atoms with E-state index < -0.39 is 17.5 Å². The minimum absolute atomic E-state index is 0.0417. The molecular weight excluding hydrogens is 392 g/mol. The lowest BCUT2D eigenvalue weighted by atomic mass is 10.1. The molecule has 0 saturated carbocycles. The van der Waals surface area contributed by atoms with E-state index in [1.807, 2.05) is 0 Å². The SMILES string of the molecule is C#CC(C)(C)NC(=O)Nc1c(Br)cc(Br)cc1C(=O)O. The van der Waals surface area contributed by atoms with Crippen LogP contribution in [0.25, 0.3) is 0 Å². The quantitative estimate of drug-likeness (QED) is 0.676. The molecule has 1 rings (SSSR count). The van der Waals surface area contributed by atoms with Gasteiger partial charge in [-0.1, -0.05) is 21.9 Å². The number of urea groups is 1. The molecule has 0 saturated heterocycles. The topological polar surface area (TPSA) is 78.4 Å². The van der Waals surface area contributed by atoms with E-state index in [1.54, 1.807) is 19.9 Å². The van der Waals surface area contributed by atoms with Crippen molar-refractivity contribution < 1.29 is 14.7 Å². The van der Waals surface area contributed by atoms with Gasteiger partial charge in [0.1, 0.15) is 0 Å². The third-order valence-electron chi connectivity index (χ3n) is 2.31. The van der Waals surface area contributed by atoms with Crippen molar-refractivity contribution in [2.45, 2.75) is 19.4 Å². The van der Waals surface area contributed by atoms with Crippen LogP contribution < -0.4 is 10.6 Å². The zero-order valence-electron chi connectivity index (χ0n) is 10.8. The molecule has 0 spiro atoms. The molecule has 20 heavy (non-hydrogen) atoms. The number of benzene rings is 1. The fourth-order valence-electron chi connectivity index (χ4n) is 1.33. The Morgan fingerprint density at radius 2 is 1.95 bits per heavy atom. The standard InChI is InChI=1S/C13H12Br2N2O3/c1-4-13(2,3)17-12(20)16-10-8(11(18)19)5-7(14)6-9(10)15/h1,5-6H,2-3H3,(H,18,19)(H2,16,17,20). The highest BCUT2D eigenvalue weighted by atomic mass is 79.9. The maximum absolute atomic E-state index is 11.9. The summed E-state index contributed by atoms with van der Waals surface area (Å²) in [6.07, 6.45) is 5.27. The fraction of sp³-hybridized carbons (Fsp3) is 0.231. The lowest BCUT2D eigenvalue weighted by molar-refractivity contribution is 0.0698. The smallest absolute Gasteiger partial charge is 0.337 e. The predicted octanol–water partition coefficient (Wildman–Crippen LogP) is 3.44. The number of carbonyl (C=O) groups is 2. The first-order chi connectivity index (χ1) is 9.16. The van der Waals surface area contributed by atoms with Gasteiger partial charge < -0.3 is 15.7 Å². The molecule has 0 unspecified atom stereocenters. The predicted molar refractivity (Wildman–Crippen MR) is 83.9 cm³/mol. The van der Waals surface area contributed by atoms with Crippen molar-refractivity contribution in [3.8, 4) is 12.3 Å². The number of carbonyl (C=O) groups excluding carboxylic acids is 1. The van der Waals surface area contributed by atoms with E-state index in [1.165, 1.54) is 6.07 Å². The van der Waals surface area contributed by atoms with E-state index in [2.05, 4.69) is 48.4 Å². The molecule has 0 heterocycles. The van der Waals surface area contributed by atoms with Gasteiger partial charge in [0, 0.05) is 8.95 Å². The average molecular weight is 404 g/mol. The summed E-state index contributed by atoms with van der Waals surface area (Å²) in [7, 11) is 0. The van der Waals surface area contributed by atoms with Crippen molar-refractivity contribution in [1.29, 1.82) is 0 Å². The number of rotatable bonds is 3. The number of hydrogen-bond donors (Lipinski definition) is 3. The zero-order chi connectivity index (χ0) is 15.5. The van der Waals surface area contributed by atoms with Crippen LogP contribution in [0.15, 0.2) is 21.1 Å². The maximum atomic E-state index is 11.9. The highest BCUT2D eigenvalue weighted by molar-refractivity contribution is 9.11. The number of carboxylic acid groups (broad SMARTS) is 1. The molecule has 0 atom stereocenters. The molecule has 0 aromatic heterocycles. The monoisotopic (exact) mass is 402 g/mol. The van der Waals surface area contributed by atoms with Gasteiger partial charge in [0.05, 0.1) is 16.8 Å². The first-order valence-electron chi connectivity index (χ1n) is 5.45. The molecule has 0 bridgehead atoms. The highest BCUT2D eigenvalue weighted by Gasteiger charge is 2.20. The summed E-state index contributed by atoms with van der Waals surface area (Å²) in [6.45, 7) is 3.31. The number of anilines is 1. The summed E-state index contributed by atoms with van der Waals surface area (Å²) in [6, 6.07) is 2.45. The number of terminal acetylenes is 1. The molecule has 1 aromatic rings. The largest absolute Gasteiger partial charge is 0.478 e. The molecular formula is C13H12Br2N2O3. The van der Waals surface area contributed by atoms with Gasteiger partial charge in [-0.25, -0.2) is 9.59 Å². The van der Waals surface area contributed by atoms with Crippen LogP contribution in [0.5, 0.6) is 0 Å². The van der Waals surface area contributed by atoms with E-state index in [0.29, 0.717) is 8.95 Å². The van der Waals surface area contributed by atoms with Crippen molar-refractivity contribution in [1.82, 2.24) is 5.32 Å². The first-order valence-corrected chi connectivity index (χ1v) is 7.04. The molecule has 0 aliphatic carbocycles. The number of amides is 2. The van der Waals surface area contributed by atoms with E-state index in [9.17, 15) is 9.59 Å². The van der Waals surface area contributed by atoms with E-state index in [-0.39, 0.29) is 11.3 Å². The Balaban J connectivity index is 3.07. The molecule has 2 amide bonds. The molecule has 0 fully saturated rings. The Kier molecular flexibility index (Phi) is 5.20. The molecule has 0 aliphatic rings. The molecule has 0 aliphatic heterocycles. The van der Waals surface area contributed by atoms with E-state index in [0.717, 1.165) is 0 Å². The molecule has 1 aromatic carbocycles. The number of aromatic carboxylic acids is 1. The summed E-state index contributed by atoms with van der Waals surface area (Å²) in [5, 5.41) is 14.2.